The van der Waals surface area contributed by atoms with E-state index < -0.39 is 0 Å². The fourth-order valence-corrected chi connectivity index (χ4v) is 4.20. The first-order valence-electron chi connectivity index (χ1n) is 8.74. The molecule has 0 N–H and O–H groups in total. The van der Waals surface area contributed by atoms with Crippen LogP contribution in [-0.2, 0) is 4.79 Å². The predicted octanol–water partition coefficient (Wildman–Crippen LogP) is 4.65. The Morgan fingerprint density at radius 2 is 1.93 bits per heavy atom. The lowest BCUT2D eigenvalue weighted by molar-refractivity contribution is -0.120. The molecule has 0 atom stereocenters. The monoisotopic (exact) mass is 435 g/mol. The van der Waals surface area contributed by atoms with E-state index in [1.807, 2.05) is 37.4 Å². The maximum atomic E-state index is 12.9. The normalized spacial score (nSPS) is 11.2. The summed E-state index contributed by atoms with van der Waals surface area (Å²) in [6.45, 7) is 1.23. The lowest BCUT2D eigenvalue weighted by atomic mass is 10.3. The molecule has 0 spiro atoms. The summed E-state index contributed by atoms with van der Waals surface area (Å²) in [5.41, 5.74) is 0.902. The van der Waals surface area contributed by atoms with E-state index >= 15 is 0 Å². The first-order valence-corrected chi connectivity index (χ1v) is 11.2. The van der Waals surface area contributed by atoms with Gasteiger partial charge in [0.25, 0.3) is 5.91 Å². The Labute approximate surface area is 178 Å². The maximum Gasteiger partial charge on any atom is 0.266 e. The zero-order chi connectivity index (χ0) is 20.1. The van der Waals surface area contributed by atoms with E-state index in [9.17, 15) is 4.79 Å². The summed E-state index contributed by atoms with van der Waals surface area (Å²) in [6, 6.07) is 13.1. The summed E-state index contributed by atoms with van der Waals surface area (Å²) in [6.07, 6.45) is 2.05. The van der Waals surface area contributed by atoms with Gasteiger partial charge in [-0.3, -0.25) is 9.69 Å². The number of carbonyl (C=O) groups excluding carboxylic acids is 1. The molecule has 8 heteroatoms. The van der Waals surface area contributed by atoms with Gasteiger partial charge in [0, 0.05) is 23.0 Å². The summed E-state index contributed by atoms with van der Waals surface area (Å²) in [5, 5.41) is 1.32. The Morgan fingerprint density at radius 1 is 1.18 bits per heavy atom. The Balaban J connectivity index is 1.79. The highest BCUT2D eigenvalue weighted by Gasteiger charge is 2.20. The number of fused-ring (bicyclic) bond motifs is 1. The minimum Gasteiger partial charge on any atom is -0.484 e. The summed E-state index contributed by atoms with van der Waals surface area (Å²) in [5.74, 6) is 0.486. The number of hydrogen-bond acceptors (Lipinski definition) is 6. The fraction of sp³-hybridized carbons (Fsp3) is 0.300. The molecule has 1 amide bonds. The largest absolute Gasteiger partial charge is 0.484 e. The Hall–Kier alpha value is -1.80. The molecule has 0 aliphatic heterocycles. The number of anilines is 1. The van der Waals surface area contributed by atoms with E-state index in [0.29, 0.717) is 22.4 Å². The van der Waals surface area contributed by atoms with Crippen molar-refractivity contribution in [1.29, 1.82) is 0 Å². The van der Waals surface area contributed by atoms with Gasteiger partial charge in [-0.15, -0.1) is 11.8 Å². The van der Waals surface area contributed by atoms with Crippen molar-refractivity contribution in [3.63, 3.8) is 0 Å². The van der Waals surface area contributed by atoms with Gasteiger partial charge >= 0.3 is 0 Å². The lowest BCUT2D eigenvalue weighted by Crippen LogP contribution is -2.39. The fourth-order valence-electron chi connectivity index (χ4n) is 2.52. The molecule has 1 heterocycles. The second kappa shape index (κ2) is 9.60. The first kappa shape index (κ1) is 20.9. The molecule has 0 aliphatic carbocycles. The van der Waals surface area contributed by atoms with Gasteiger partial charge < -0.3 is 9.64 Å². The molecule has 1 aromatic heterocycles. The molecule has 28 heavy (non-hydrogen) atoms. The smallest absolute Gasteiger partial charge is 0.266 e. The van der Waals surface area contributed by atoms with Gasteiger partial charge in [0.1, 0.15) is 5.75 Å². The average Bonchev–Trinajstić information content (AvgIpc) is 3.10. The van der Waals surface area contributed by atoms with Crippen molar-refractivity contribution in [2.75, 3.05) is 44.9 Å². The second-order valence-electron chi connectivity index (χ2n) is 6.42. The predicted molar refractivity (Wildman–Crippen MR) is 119 cm³/mol. The molecule has 3 rings (SSSR count). The van der Waals surface area contributed by atoms with Gasteiger partial charge in [-0.1, -0.05) is 22.9 Å². The molecule has 0 unspecified atom stereocenters. The zero-order valence-corrected chi connectivity index (χ0v) is 18.4. The van der Waals surface area contributed by atoms with Crippen molar-refractivity contribution in [2.24, 2.45) is 0 Å². The molecule has 0 saturated carbocycles. The van der Waals surface area contributed by atoms with Crippen LogP contribution in [0.5, 0.6) is 5.75 Å². The first-order chi connectivity index (χ1) is 13.5. The number of hydrogen-bond donors (Lipinski definition) is 0. The van der Waals surface area contributed by atoms with Crippen LogP contribution in [0.4, 0.5) is 5.13 Å². The van der Waals surface area contributed by atoms with Gasteiger partial charge in [0.05, 0.1) is 10.2 Å². The van der Waals surface area contributed by atoms with E-state index in [1.165, 1.54) is 16.2 Å². The lowest BCUT2D eigenvalue weighted by Gasteiger charge is -2.22. The van der Waals surface area contributed by atoms with E-state index in [1.54, 1.807) is 40.9 Å². The highest BCUT2D eigenvalue weighted by molar-refractivity contribution is 7.98. The number of carbonyl (C=O) groups is 1. The molecule has 148 valence electrons. The van der Waals surface area contributed by atoms with E-state index in [0.717, 1.165) is 16.8 Å². The van der Waals surface area contributed by atoms with Crippen LogP contribution in [0, 0.1) is 0 Å². The van der Waals surface area contributed by atoms with Crippen molar-refractivity contribution in [3.05, 3.63) is 47.5 Å². The molecule has 3 aromatic rings. The van der Waals surface area contributed by atoms with Crippen molar-refractivity contribution < 1.29 is 9.53 Å². The number of benzene rings is 2. The molecule has 2 aromatic carbocycles. The third-order valence-corrected chi connectivity index (χ3v) is 6.08. The summed E-state index contributed by atoms with van der Waals surface area (Å²) >= 11 is 9.11. The number of ether oxygens (including phenoxy) is 1. The number of thioether (sulfide) groups is 1. The quantitative estimate of drug-likeness (QED) is 0.482. The molecule has 0 saturated heterocycles. The Bertz CT molecular complexity index is 944. The standard InChI is InChI=1S/C20H22ClN3O2S2/c1-23(2)10-11-24(19(25)13-26-15-6-4-14(21)5-7-15)20-22-17-9-8-16(27-3)12-18(17)28-20/h4-9,12H,10-11,13H2,1-3H3. The van der Waals surface area contributed by atoms with E-state index in [-0.39, 0.29) is 12.5 Å². The van der Waals surface area contributed by atoms with Crippen LogP contribution >= 0.6 is 34.7 Å². The van der Waals surface area contributed by atoms with Crippen LogP contribution < -0.4 is 9.64 Å². The van der Waals surface area contributed by atoms with Crippen LogP contribution in [0.1, 0.15) is 0 Å². The summed E-state index contributed by atoms with van der Waals surface area (Å²) in [4.78, 5) is 22.5. The third kappa shape index (κ3) is 5.38. The summed E-state index contributed by atoms with van der Waals surface area (Å²) in [7, 11) is 3.96. The highest BCUT2D eigenvalue weighted by atomic mass is 35.5. The van der Waals surface area contributed by atoms with Crippen molar-refractivity contribution >= 4 is 56.0 Å². The SMILES string of the molecule is CSc1ccc2nc(N(CCN(C)C)C(=O)COc3ccc(Cl)cc3)sc2c1. The average molecular weight is 436 g/mol. The van der Waals surface area contributed by atoms with Crippen LogP contribution in [-0.4, -0.2) is 55.8 Å². The highest BCUT2D eigenvalue weighted by Crippen LogP contribution is 2.31. The van der Waals surface area contributed by atoms with Crippen LogP contribution in [0.3, 0.4) is 0 Å². The Morgan fingerprint density at radius 3 is 2.61 bits per heavy atom. The molecule has 0 radical (unpaired) electrons. The van der Waals surface area contributed by atoms with Gasteiger partial charge in [-0.25, -0.2) is 4.98 Å². The number of thiazole rings is 1. The molecular weight excluding hydrogens is 414 g/mol. The van der Waals surface area contributed by atoms with Gasteiger partial charge in [0.15, 0.2) is 11.7 Å². The van der Waals surface area contributed by atoms with Crippen LogP contribution in [0.15, 0.2) is 47.4 Å². The molecule has 0 bridgehead atoms. The van der Waals surface area contributed by atoms with E-state index in [2.05, 4.69) is 11.1 Å². The molecule has 0 fully saturated rings. The van der Waals surface area contributed by atoms with Gasteiger partial charge in [-0.2, -0.15) is 0 Å². The van der Waals surface area contributed by atoms with Gasteiger partial charge in [-0.05, 0) is 62.8 Å². The maximum absolute atomic E-state index is 12.9. The topological polar surface area (TPSA) is 45.7 Å². The minimum absolute atomic E-state index is 0.0545. The number of nitrogens with zero attached hydrogens (tertiary/aromatic N) is 3. The molecular formula is C20H22ClN3O2S2. The summed E-state index contributed by atoms with van der Waals surface area (Å²) < 4.78 is 6.73. The van der Waals surface area contributed by atoms with E-state index in [4.69, 9.17) is 16.3 Å². The number of halogens is 1. The molecule has 0 aliphatic rings. The van der Waals surface area contributed by atoms with Crippen LogP contribution in [0.2, 0.25) is 5.02 Å². The number of aromatic nitrogens is 1. The number of likely N-dealkylation sites (N-methyl/N-ethyl adjacent to an activating group) is 1. The minimum atomic E-state index is -0.124. The van der Waals surface area contributed by atoms with Crippen molar-refractivity contribution in [2.45, 2.75) is 4.90 Å². The Kier molecular flexibility index (Phi) is 7.18. The molecule has 5 nitrogen and oxygen atoms in total. The number of rotatable bonds is 8. The van der Waals surface area contributed by atoms with Gasteiger partial charge in [0.2, 0.25) is 0 Å². The second-order valence-corrected chi connectivity index (χ2v) is 8.75. The van der Waals surface area contributed by atoms with Crippen molar-refractivity contribution in [1.82, 2.24) is 9.88 Å². The van der Waals surface area contributed by atoms with Crippen LogP contribution in [0.25, 0.3) is 10.2 Å². The number of amides is 1. The van der Waals surface area contributed by atoms with Crippen molar-refractivity contribution in [3.8, 4) is 5.75 Å². The third-order valence-electron chi connectivity index (χ3n) is 4.06. The zero-order valence-electron chi connectivity index (χ0n) is 16.0.